The summed E-state index contributed by atoms with van der Waals surface area (Å²) in [5.74, 6) is 0.950. The SMILES string of the molecule is CC(c1cc(F)ccc1Br)C1CCNCC1. The Morgan fingerprint density at radius 1 is 1.38 bits per heavy atom. The van der Waals surface area contributed by atoms with Crippen molar-refractivity contribution < 1.29 is 4.39 Å². The highest BCUT2D eigenvalue weighted by Gasteiger charge is 2.22. The fraction of sp³-hybridized carbons (Fsp3) is 0.538. The van der Waals surface area contributed by atoms with Crippen molar-refractivity contribution >= 4 is 15.9 Å². The highest BCUT2D eigenvalue weighted by Crippen LogP contribution is 2.34. The van der Waals surface area contributed by atoms with Gasteiger partial charge in [-0.2, -0.15) is 0 Å². The summed E-state index contributed by atoms with van der Waals surface area (Å²) in [5.41, 5.74) is 1.10. The quantitative estimate of drug-likeness (QED) is 0.874. The summed E-state index contributed by atoms with van der Waals surface area (Å²) < 4.78 is 14.3. The van der Waals surface area contributed by atoms with Gasteiger partial charge in [0.1, 0.15) is 5.82 Å². The van der Waals surface area contributed by atoms with E-state index >= 15 is 0 Å². The van der Waals surface area contributed by atoms with Crippen LogP contribution in [-0.2, 0) is 0 Å². The van der Waals surface area contributed by atoms with Crippen molar-refractivity contribution in [1.29, 1.82) is 0 Å². The van der Waals surface area contributed by atoms with E-state index in [0.717, 1.165) is 23.1 Å². The third-order valence-electron chi connectivity index (χ3n) is 3.54. The normalized spacial score (nSPS) is 19.7. The zero-order valence-electron chi connectivity index (χ0n) is 9.47. The monoisotopic (exact) mass is 285 g/mol. The smallest absolute Gasteiger partial charge is 0.123 e. The molecule has 0 aromatic heterocycles. The maximum absolute atomic E-state index is 13.2. The first kappa shape index (κ1) is 12.1. The summed E-state index contributed by atoms with van der Waals surface area (Å²) in [6, 6.07) is 4.97. The number of piperidine rings is 1. The molecule has 1 aliphatic heterocycles. The first-order valence-corrected chi connectivity index (χ1v) is 6.63. The lowest BCUT2D eigenvalue weighted by molar-refractivity contribution is 0.329. The Bertz CT molecular complexity index is 361. The number of hydrogen-bond donors (Lipinski definition) is 1. The molecule has 0 bridgehead atoms. The maximum Gasteiger partial charge on any atom is 0.123 e. The zero-order chi connectivity index (χ0) is 11.5. The van der Waals surface area contributed by atoms with Crippen LogP contribution in [0.2, 0.25) is 0 Å². The highest BCUT2D eigenvalue weighted by atomic mass is 79.9. The van der Waals surface area contributed by atoms with Crippen LogP contribution in [0.4, 0.5) is 4.39 Å². The lowest BCUT2D eigenvalue weighted by Crippen LogP contribution is -2.30. The molecule has 1 saturated heterocycles. The van der Waals surface area contributed by atoms with Gasteiger partial charge in [0, 0.05) is 4.47 Å². The lowest BCUT2D eigenvalue weighted by atomic mass is 9.82. The molecular formula is C13H17BrFN. The van der Waals surface area contributed by atoms with Crippen LogP contribution in [0.15, 0.2) is 22.7 Å². The van der Waals surface area contributed by atoms with Crippen LogP contribution in [0.25, 0.3) is 0 Å². The first-order valence-electron chi connectivity index (χ1n) is 5.84. The molecule has 1 atom stereocenters. The molecule has 0 aliphatic carbocycles. The van der Waals surface area contributed by atoms with Gasteiger partial charge >= 0.3 is 0 Å². The summed E-state index contributed by atoms with van der Waals surface area (Å²) in [4.78, 5) is 0. The van der Waals surface area contributed by atoms with Gasteiger partial charge in [0.05, 0.1) is 0 Å². The van der Waals surface area contributed by atoms with E-state index < -0.39 is 0 Å². The van der Waals surface area contributed by atoms with Crippen LogP contribution in [-0.4, -0.2) is 13.1 Å². The molecule has 1 nitrogen and oxygen atoms in total. The molecular weight excluding hydrogens is 269 g/mol. The van der Waals surface area contributed by atoms with Gasteiger partial charge in [-0.1, -0.05) is 22.9 Å². The van der Waals surface area contributed by atoms with Gasteiger partial charge in [-0.3, -0.25) is 0 Å². The average Bonchev–Trinajstić information content (AvgIpc) is 2.32. The van der Waals surface area contributed by atoms with E-state index in [1.54, 1.807) is 6.07 Å². The topological polar surface area (TPSA) is 12.0 Å². The van der Waals surface area contributed by atoms with E-state index in [1.807, 2.05) is 6.07 Å². The van der Waals surface area contributed by atoms with Gasteiger partial charge in [0.15, 0.2) is 0 Å². The van der Waals surface area contributed by atoms with Crippen molar-refractivity contribution in [3.05, 3.63) is 34.1 Å². The van der Waals surface area contributed by atoms with E-state index in [9.17, 15) is 4.39 Å². The number of rotatable bonds is 2. The summed E-state index contributed by atoms with van der Waals surface area (Å²) in [6.45, 7) is 4.37. The van der Waals surface area contributed by atoms with Gasteiger partial charge in [-0.25, -0.2) is 4.39 Å². The minimum atomic E-state index is -0.140. The second kappa shape index (κ2) is 5.28. The molecule has 88 valence electrons. The van der Waals surface area contributed by atoms with Gasteiger partial charge in [0.25, 0.3) is 0 Å². The molecule has 1 fully saturated rings. The van der Waals surface area contributed by atoms with Crippen LogP contribution in [0.3, 0.4) is 0 Å². The van der Waals surface area contributed by atoms with Crippen molar-refractivity contribution in [2.75, 3.05) is 13.1 Å². The Morgan fingerprint density at radius 2 is 2.06 bits per heavy atom. The largest absolute Gasteiger partial charge is 0.317 e. The maximum atomic E-state index is 13.2. The third kappa shape index (κ3) is 2.64. The van der Waals surface area contributed by atoms with Gasteiger partial charge in [-0.15, -0.1) is 0 Å². The first-order chi connectivity index (χ1) is 7.68. The summed E-state index contributed by atoms with van der Waals surface area (Å²) in [5, 5.41) is 3.36. The van der Waals surface area contributed by atoms with Crippen LogP contribution in [0, 0.1) is 11.7 Å². The molecule has 2 rings (SSSR count). The van der Waals surface area contributed by atoms with E-state index in [1.165, 1.54) is 18.9 Å². The predicted octanol–water partition coefficient (Wildman–Crippen LogP) is 3.69. The summed E-state index contributed by atoms with van der Waals surface area (Å²) in [6.07, 6.45) is 2.37. The number of hydrogen-bond acceptors (Lipinski definition) is 1. The molecule has 1 unspecified atom stereocenters. The second-order valence-corrected chi connectivity index (χ2v) is 5.40. The molecule has 1 aromatic rings. The standard InChI is InChI=1S/C13H17BrFN/c1-9(10-4-6-16-7-5-10)12-8-11(15)2-3-13(12)14/h2-3,8-10,16H,4-7H2,1H3. The fourth-order valence-corrected chi connectivity index (χ4v) is 3.07. The molecule has 0 amide bonds. The Morgan fingerprint density at radius 3 is 2.75 bits per heavy atom. The van der Waals surface area contributed by atoms with E-state index in [0.29, 0.717) is 11.8 Å². The Kier molecular flexibility index (Phi) is 3.98. The van der Waals surface area contributed by atoms with E-state index in [4.69, 9.17) is 0 Å². The minimum Gasteiger partial charge on any atom is -0.317 e. The molecule has 0 spiro atoms. The average molecular weight is 286 g/mol. The van der Waals surface area contributed by atoms with Crippen molar-refractivity contribution in [2.45, 2.75) is 25.7 Å². The van der Waals surface area contributed by atoms with Crippen molar-refractivity contribution in [3.63, 3.8) is 0 Å². The van der Waals surface area contributed by atoms with Gasteiger partial charge < -0.3 is 5.32 Å². The van der Waals surface area contributed by atoms with Crippen molar-refractivity contribution in [2.24, 2.45) is 5.92 Å². The Hall–Kier alpha value is -0.410. The Balaban J connectivity index is 2.18. The van der Waals surface area contributed by atoms with Crippen molar-refractivity contribution in [1.82, 2.24) is 5.32 Å². The molecule has 1 aromatic carbocycles. The molecule has 3 heteroatoms. The number of benzene rings is 1. The molecule has 0 radical (unpaired) electrons. The van der Waals surface area contributed by atoms with E-state index in [-0.39, 0.29) is 5.82 Å². The number of nitrogens with one attached hydrogen (secondary N) is 1. The molecule has 16 heavy (non-hydrogen) atoms. The third-order valence-corrected chi connectivity index (χ3v) is 4.26. The van der Waals surface area contributed by atoms with Crippen LogP contribution in [0.5, 0.6) is 0 Å². The van der Waals surface area contributed by atoms with Crippen LogP contribution < -0.4 is 5.32 Å². The van der Waals surface area contributed by atoms with Gasteiger partial charge in [-0.05, 0) is 61.5 Å². The highest BCUT2D eigenvalue weighted by molar-refractivity contribution is 9.10. The number of halogens is 2. The predicted molar refractivity (Wildman–Crippen MR) is 68.1 cm³/mol. The Labute approximate surface area is 105 Å². The lowest BCUT2D eigenvalue weighted by Gasteiger charge is -2.29. The zero-order valence-corrected chi connectivity index (χ0v) is 11.1. The minimum absolute atomic E-state index is 0.140. The van der Waals surface area contributed by atoms with Crippen molar-refractivity contribution in [3.8, 4) is 0 Å². The molecule has 1 heterocycles. The van der Waals surface area contributed by atoms with Crippen LogP contribution >= 0.6 is 15.9 Å². The van der Waals surface area contributed by atoms with Crippen LogP contribution in [0.1, 0.15) is 31.2 Å². The molecule has 1 aliphatic rings. The van der Waals surface area contributed by atoms with E-state index in [2.05, 4.69) is 28.2 Å². The summed E-state index contributed by atoms with van der Waals surface area (Å²) in [7, 11) is 0. The summed E-state index contributed by atoms with van der Waals surface area (Å²) >= 11 is 3.52. The fourth-order valence-electron chi connectivity index (χ4n) is 2.46. The molecule has 1 N–H and O–H groups in total. The molecule has 0 saturated carbocycles. The second-order valence-electron chi connectivity index (χ2n) is 4.54. The van der Waals surface area contributed by atoms with Gasteiger partial charge in [0.2, 0.25) is 0 Å².